The van der Waals surface area contributed by atoms with E-state index in [2.05, 4.69) is 10.3 Å². The van der Waals surface area contributed by atoms with Crippen LogP contribution < -0.4 is 15.8 Å². The summed E-state index contributed by atoms with van der Waals surface area (Å²) in [6.07, 6.45) is 5.08. The number of carbonyl (C=O) groups is 1. The molecular weight excluding hydrogens is 220 g/mol. The van der Waals surface area contributed by atoms with Gasteiger partial charge >= 0.3 is 0 Å². The zero-order valence-electron chi connectivity index (χ0n) is 8.88. The van der Waals surface area contributed by atoms with E-state index in [4.69, 9.17) is 10.5 Å². The molecule has 6 heteroatoms. The maximum absolute atomic E-state index is 11.2. The standard InChI is InChI=1S/C11H10N4O2/c12-7-3-10-8(14-11(16)5-17-10)4-9(7)15-2-1-13-6-15/h1-4,6H,5,12H2,(H,14,16). The van der Waals surface area contributed by atoms with Crippen molar-refractivity contribution in [2.45, 2.75) is 0 Å². The number of ether oxygens (including phenoxy) is 1. The summed E-state index contributed by atoms with van der Waals surface area (Å²) in [5, 5.41) is 2.74. The summed E-state index contributed by atoms with van der Waals surface area (Å²) >= 11 is 0. The first-order valence-electron chi connectivity index (χ1n) is 5.08. The van der Waals surface area contributed by atoms with Crippen LogP contribution in [0.5, 0.6) is 5.75 Å². The van der Waals surface area contributed by atoms with Crippen LogP contribution in [0.2, 0.25) is 0 Å². The van der Waals surface area contributed by atoms with Gasteiger partial charge in [0.1, 0.15) is 5.75 Å². The number of nitrogen functional groups attached to an aromatic ring is 1. The highest BCUT2D eigenvalue weighted by molar-refractivity contribution is 5.96. The van der Waals surface area contributed by atoms with Crippen LogP contribution in [-0.4, -0.2) is 22.1 Å². The number of aromatic nitrogens is 2. The van der Waals surface area contributed by atoms with Gasteiger partial charge in [0.2, 0.25) is 0 Å². The predicted molar refractivity (Wildman–Crippen MR) is 62.1 cm³/mol. The second kappa shape index (κ2) is 3.51. The number of fused-ring (bicyclic) bond motifs is 1. The van der Waals surface area contributed by atoms with Crippen molar-refractivity contribution in [2.24, 2.45) is 0 Å². The van der Waals surface area contributed by atoms with Gasteiger partial charge in [-0.15, -0.1) is 0 Å². The van der Waals surface area contributed by atoms with Gasteiger partial charge in [0, 0.05) is 18.5 Å². The average molecular weight is 230 g/mol. The van der Waals surface area contributed by atoms with Crippen LogP contribution >= 0.6 is 0 Å². The third-order valence-corrected chi connectivity index (χ3v) is 2.54. The minimum absolute atomic E-state index is 0.0247. The van der Waals surface area contributed by atoms with Gasteiger partial charge in [0.15, 0.2) is 6.61 Å². The van der Waals surface area contributed by atoms with Gasteiger partial charge in [-0.25, -0.2) is 4.98 Å². The second-order valence-electron chi connectivity index (χ2n) is 3.71. The molecule has 2 aromatic rings. The normalized spacial score (nSPS) is 13.8. The summed E-state index contributed by atoms with van der Waals surface area (Å²) in [4.78, 5) is 15.2. The molecule has 1 amide bonds. The molecule has 1 aliphatic heterocycles. The lowest BCUT2D eigenvalue weighted by Crippen LogP contribution is -2.25. The van der Waals surface area contributed by atoms with E-state index in [-0.39, 0.29) is 12.5 Å². The van der Waals surface area contributed by atoms with Crippen LogP contribution in [0.4, 0.5) is 11.4 Å². The molecule has 1 aromatic carbocycles. The molecule has 0 saturated heterocycles. The van der Waals surface area contributed by atoms with Crippen molar-refractivity contribution in [3.63, 3.8) is 0 Å². The molecule has 0 bridgehead atoms. The molecular formula is C11H10N4O2. The third kappa shape index (κ3) is 1.59. The largest absolute Gasteiger partial charge is 0.482 e. The van der Waals surface area contributed by atoms with Crippen molar-refractivity contribution in [3.8, 4) is 11.4 Å². The predicted octanol–water partition coefficient (Wildman–Crippen LogP) is 0.785. The van der Waals surface area contributed by atoms with Gasteiger partial charge < -0.3 is 20.4 Å². The molecule has 0 aliphatic carbocycles. The zero-order valence-corrected chi connectivity index (χ0v) is 8.88. The summed E-state index contributed by atoms with van der Waals surface area (Å²) in [6.45, 7) is 0.0247. The van der Waals surface area contributed by atoms with Crippen LogP contribution in [0, 0.1) is 0 Å². The van der Waals surface area contributed by atoms with Gasteiger partial charge in [0.05, 0.1) is 23.4 Å². The van der Waals surface area contributed by atoms with Gasteiger partial charge in [-0.05, 0) is 6.07 Å². The Balaban J connectivity index is 2.12. The lowest BCUT2D eigenvalue weighted by atomic mass is 10.2. The number of carbonyl (C=O) groups excluding carboxylic acids is 1. The Labute approximate surface area is 97.0 Å². The number of amides is 1. The van der Waals surface area contributed by atoms with E-state index in [1.807, 2.05) is 0 Å². The molecule has 3 N–H and O–H groups in total. The Morgan fingerprint density at radius 3 is 3.12 bits per heavy atom. The fourth-order valence-corrected chi connectivity index (χ4v) is 1.76. The summed E-state index contributed by atoms with van der Waals surface area (Å²) in [5.41, 5.74) is 7.88. The number of hydrogen-bond acceptors (Lipinski definition) is 4. The molecule has 0 atom stereocenters. The van der Waals surface area contributed by atoms with E-state index < -0.39 is 0 Å². The Morgan fingerprint density at radius 1 is 1.47 bits per heavy atom. The first-order chi connectivity index (χ1) is 8.24. The first kappa shape index (κ1) is 9.71. The van der Waals surface area contributed by atoms with Gasteiger partial charge in [-0.1, -0.05) is 0 Å². The molecule has 0 spiro atoms. The van der Waals surface area contributed by atoms with Gasteiger partial charge in [-0.3, -0.25) is 4.79 Å². The molecule has 0 fully saturated rings. The summed E-state index contributed by atoms with van der Waals surface area (Å²) < 4.78 is 7.05. The van der Waals surface area contributed by atoms with E-state index in [0.717, 1.165) is 5.69 Å². The molecule has 1 aromatic heterocycles. The number of hydrogen-bond donors (Lipinski definition) is 2. The molecule has 6 nitrogen and oxygen atoms in total. The van der Waals surface area contributed by atoms with Crippen molar-refractivity contribution in [1.29, 1.82) is 0 Å². The molecule has 3 rings (SSSR count). The Kier molecular flexibility index (Phi) is 2.01. The summed E-state index contributed by atoms with van der Waals surface area (Å²) in [6, 6.07) is 3.47. The molecule has 0 saturated carbocycles. The van der Waals surface area contributed by atoms with E-state index in [0.29, 0.717) is 17.1 Å². The number of imidazole rings is 1. The topological polar surface area (TPSA) is 82.2 Å². The number of nitrogens with zero attached hydrogens (tertiary/aromatic N) is 2. The van der Waals surface area contributed by atoms with Crippen molar-refractivity contribution in [2.75, 3.05) is 17.7 Å². The van der Waals surface area contributed by atoms with Crippen molar-refractivity contribution in [3.05, 3.63) is 30.9 Å². The number of rotatable bonds is 1. The fourth-order valence-electron chi connectivity index (χ4n) is 1.76. The molecule has 0 radical (unpaired) electrons. The van der Waals surface area contributed by atoms with Gasteiger partial charge in [-0.2, -0.15) is 0 Å². The van der Waals surface area contributed by atoms with Crippen molar-refractivity contribution in [1.82, 2.24) is 9.55 Å². The minimum atomic E-state index is -0.168. The van der Waals surface area contributed by atoms with Crippen LogP contribution in [0.25, 0.3) is 5.69 Å². The number of benzene rings is 1. The van der Waals surface area contributed by atoms with Crippen LogP contribution in [0.3, 0.4) is 0 Å². The quantitative estimate of drug-likeness (QED) is 0.709. The smallest absolute Gasteiger partial charge is 0.262 e. The van der Waals surface area contributed by atoms with E-state index in [1.54, 1.807) is 35.4 Å². The summed E-state index contributed by atoms with van der Waals surface area (Å²) in [5.74, 6) is 0.421. The molecule has 2 heterocycles. The SMILES string of the molecule is Nc1cc2c(cc1-n1ccnc1)NC(=O)CO2. The van der Waals surface area contributed by atoms with E-state index in [9.17, 15) is 4.79 Å². The lowest BCUT2D eigenvalue weighted by Gasteiger charge is -2.20. The first-order valence-corrected chi connectivity index (χ1v) is 5.08. The molecule has 0 unspecified atom stereocenters. The van der Waals surface area contributed by atoms with Crippen LogP contribution in [0.15, 0.2) is 30.9 Å². The van der Waals surface area contributed by atoms with Crippen molar-refractivity contribution < 1.29 is 9.53 Å². The maximum atomic E-state index is 11.2. The van der Waals surface area contributed by atoms with E-state index in [1.165, 1.54) is 0 Å². The minimum Gasteiger partial charge on any atom is -0.482 e. The molecule has 17 heavy (non-hydrogen) atoms. The number of nitrogens with one attached hydrogen (secondary N) is 1. The summed E-state index contributed by atoms with van der Waals surface area (Å²) in [7, 11) is 0. The Hall–Kier alpha value is -2.50. The zero-order chi connectivity index (χ0) is 11.8. The fraction of sp³-hybridized carbons (Fsp3) is 0.0909. The maximum Gasteiger partial charge on any atom is 0.262 e. The van der Waals surface area contributed by atoms with Crippen LogP contribution in [-0.2, 0) is 4.79 Å². The van der Waals surface area contributed by atoms with Gasteiger partial charge in [0.25, 0.3) is 5.91 Å². The molecule has 86 valence electrons. The van der Waals surface area contributed by atoms with Crippen LogP contribution in [0.1, 0.15) is 0 Å². The Morgan fingerprint density at radius 2 is 2.35 bits per heavy atom. The average Bonchev–Trinajstić information content (AvgIpc) is 2.82. The Bertz CT molecular complexity index is 577. The molecule has 1 aliphatic rings. The highest BCUT2D eigenvalue weighted by Gasteiger charge is 2.18. The highest BCUT2D eigenvalue weighted by atomic mass is 16.5. The van der Waals surface area contributed by atoms with Crippen molar-refractivity contribution >= 4 is 17.3 Å². The second-order valence-corrected chi connectivity index (χ2v) is 3.71. The number of nitrogens with two attached hydrogens (primary N) is 1. The highest BCUT2D eigenvalue weighted by Crippen LogP contribution is 2.33. The van der Waals surface area contributed by atoms with E-state index >= 15 is 0 Å². The third-order valence-electron chi connectivity index (χ3n) is 2.54. The number of anilines is 2. The monoisotopic (exact) mass is 230 g/mol. The lowest BCUT2D eigenvalue weighted by molar-refractivity contribution is -0.118.